The van der Waals surface area contributed by atoms with Gasteiger partial charge in [0.1, 0.15) is 5.60 Å². The van der Waals surface area contributed by atoms with Gasteiger partial charge in [0.15, 0.2) is 0 Å². The van der Waals surface area contributed by atoms with E-state index in [2.05, 4.69) is 20.8 Å². The van der Waals surface area contributed by atoms with Crippen molar-refractivity contribution in [2.75, 3.05) is 36.8 Å². The van der Waals surface area contributed by atoms with E-state index >= 15 is 0 Å². The number of ether oxygens (including phenoxy) is 1. The maximum absolute atomic E-state index is 12.0. The van der Waals surface area contributed by atoms with Crippen LogP contribution < -0.4 is 10.6 Å². The Balaban J connectivity index is 1.95. The summed E-state index contributed by atoms with van der Waals surface area (Å²) in [5, 5.41) is 0. The predicted molar refractivity (Wildman–Crippen MR) is 88.6 cm³/mol. The van der Waals surface area contributed by atoms with Crippen molar-refractivity contribution in [2.24, 2.45) is 0 Å². The van der Waals surface area contributed by atoms with Crippen molar-refractivity contribution in [3.63, 3.8) is 0 Å². The Labute approximate surface area is 134 Å². The molecule has 1 aromatic rings. The minimum absolute atomic E-state index is 0.245. The summed E-state index contributed by atoms with van der Waals surface area (Å²) in [6.07, 6.45) is -0.245. The summed E-state index contributed by atoms with van der Waals surface area (Å²) in [5.41, 5.74) is 7.36. The van der Waals surface area contributed by atoms with Crippen molar-refractivity contribution >= 4 is 33.4 Å². The van der Waals surface area contributed by atoms with Gasteiger partial charge in [-0.05, 0) is 39.0 Å². The average molecular weight is 356 g/mol. The SMILES string of the molecule is CC(C)(C)OC(=O)N1CCN(c2ccc(Br)cc2N)CC1. The number of amides is 1. The molecule has 6 heteroatoms. The molecule has 0 spiro atoms. The molecule has 0 radical (unpaired) electrons. The lowest BCUT2D eigenvalue weighted by atomic mass is 10.2. The van der Waals surface area contributed by atoms with Gasteiger partial charge in [-0.25, -0.2) is 4.79 Å². The number of benzene rings is 1. The Morgan fingerprint density at radius 1 is 1.24 bits per heavy atom. The number of carbonyl (C=O) groups excluding carboxylic acids is 1. The third-order valence-corrected chi connectivity index (χ3v) is 3.75. The number of hydrogen-bond acceptors (Lipinski definition) is 4. The van der Waals surface area contributed by atoms with Gasteiger partial charge in [-0.3, -0.25) is 0 Å². The highest BCUT2D eigenvalue weighted by Crippen LogP contribution is 2.27. The van der Waals surface area contributed by atoms with E-state index in [-0.39, 0.29) is 6.09 Å². The smallest absolute Gasteiger partial charge is 0.410 e. The van der Waals surface area contributed by atoms with Crippen LogP contribution in [0.1, 0.15) is 20.8 Å². The van der Waals surface area contributed by atoms with Crippen LogP contribution in [0.3, 0.4) is 0 Å². The molecule has 0 atom stereocenters. The van der Waals surface area contributed by atoms with Gasteiger partial charge < -0.3 is 20.3 Å². The van der Waals surface area contributed by atoms with Gasteiger partial charge in [0, 0.05) is 30.7 Å². The second-order valence-corrected chi connectivity index (χ2v) is 7.07. The van der Waals surface area contributed by atoms with E-state index in [4.69, 9.17) is 10.5 Å². The van der Waals surface area contributed by atoms with Crippen molar-refractivity contribution < 1.29 is 9.53 Å². The maximum atomic E-state index is 12.0. The number of piperazine rings is 1. The molecule has 0 bridgehead atoms. The van der Waals surface area contributed by atoms with Gasteiger partial charge in [-0.1, -0.05) is 15.9 Å². The topological polar surface area (TPSA) is 58.8 Å². The molecule has 2 N–H and O–H groups in total. The lowest BCUT2D eigenvalue weighted by Crippen LogP contribution is -2.50. The number of halogens is 1. The molecule has 1 fully saturated rings. The molecule has 1 heterocycles. The Bertz CT molecular complexity index is 520. The lowest BCUT2D eigenvalue weighted by Gasteiger charge is -2.37. The molecule has 5 nitrogen and oxygen atoms in total. The van der Waals surface area contributed by atoms with E-state index in [1.54, 1.807) is 4.90 Å². The van der Waals surface area contributed by atoms with E-state index < -0.39 is 5.60 Å². The van der Waals surface area contributed by atoms with Crippen molar-refractivity contribution in [1.29, 1.82) is 0 Å². The molecule has 0 saturated carbocycles. The fourth-order valence-corrected chi connectivity index (χ4v) is 2.65. The first kappa shape index (κ1) is 15.9. The number of hydrogen-bond donors (Lipinski definition) is 1. The lowest BCUT2D eigenvalue weighted by molar-refractivity contribution is 0.0240. The monoisotopic (exact) mass is 355 g/mol. The van der Waals surface area contributed by atoms with Crippen LogP contribution in [0.2, 0.25) is 0 Å². The molecule has 1 aromatic carbocycles. The first-order valence-corrected chi connectivity index (χ1v) is 7.83. The zero-order valence-corrected chi connectivity index (χ0v) is 14.3. The Hall–Kier alpha value is -1.43. The van der Waals surface area contributed by atoms with Crippen LogP contribution in [0.15, 0.2) is 22.7 Å². The highest BCUT2D eigenvalue weighted by Gasteiger charge is 2.26. The Morgan fingerprint density at radius 2 is 1.86 bits per heavy atom. The largest absolute Gasteiger partial charge is 0.444 e. The number of nitrogens with two attached hydrogens (primary N) is 1. The summed E-state index contributed by atoms with van der Waals surface area (Å²) in [5.74, 6) is 0. The highest BCUT2D eigenvalue weighted by atomic mass is 79.9. The molecular formula is C15H22BrN3O2. The Morgan fingerprint density at radius 3 is 2.38 bits per heavy atom. The van der Waals surface area contributed by atoms with Gasteiger partial charge in [-0.15, -0.1) is 0 Å². The fraction of sp³-hybridized carbons (Fsp3) is 0.533. The van der Waals surface area contributed by atoms with Crippen LogP contribution in [-0.4, -0.2) is 42.8 Å². The predicted octanol–water partition coefficient (Wildman–Crippen LogP) is 3.09. The third-order valence-electron chi connectivity index (χ3n) is 3.26. The average Bonchev–Trinajstić information content (AvgIpc) is 2.37. The molecule has 1 amide bonds. The van der Waals surface area contributed by atoms with Crippen LogP contribution in [0.5, 0.6) is 0 Å². The van der Waals surface area contributed by atoms with E-state index in [0.717, 1.165) is 28.9 Å². The van der Waals surface area contributed by atoms with Gasteiger partial charge in [-0.2, -0.15) is 0 Å². The molecule has 0 unspecified atom stereocenters. The second kappa shape index (κ2) is 6.13. The van der Waals surface area contributed by atoms with Gasteiger partial charge >= 0.3 is 6.09 Å². The number of carbonyl (C=O) groups is 1. The van der Waals surface area contributed by atoms with Crippen LogP contribution in [0, 0.1) is 0 Å². The second-order valence-electron chi connectivity index (χ2n) is 6.16. The van der Waals surface area contributed by atoms with Crippen LogP contribution >= 0.6 is 15.9 Å². The van der Waals surface area contributed by atoms with E-state index in [0.29, 0.717) is 13.1 Å². The number of anilines is 2. The van der Waals surface area contributed by atoms with Crippen molar-refractivity contribution in [1.82, 2.24) is 4.90 Å². The molecule has 1 aliphatic rings. The molecule has 1 aliphatic heterocycles. The minimum Gasteiger partial charge on any atom is -0.444 e. The highest BCUT2D eigenvalue weighted by molar-refractivity contribution is 9.10. The fourth-order valence-electron chi connectivity index (χ4n) is 2.27. The van der Waals surface area contributed by atoms with Crippen molar-refractivity contribution in [3.8, 4) is 0 Å². The van der Waals surface area contributed by atoms with Crippen LogP contribution in [0.25, 0.3) is 0 Å². The van der Waals surface area contributed by atoms with Gasteiger partial charge in [0.05, 0.1) is 11.4 Å². The number of nitrogens with zero attached hydrogens (tertiary/aromatic N) is 2. The van der Waals surface area contributed by atoms with Crippen LogP contribution in [-0.2, 0) is 4.74 Å². The summed E-state index contributed by atoms with van der Waals surface area (Å²) in [7, 11) is 0. The van der Waals surface area contributed by atoms with Crippen LogP contribution in [0.4, 0.5) is 16.2 Å². The molecular weight excluding hydrogens is 334 g/mol. The summed E-state index contributed by atoms with van der Waals surface area (Å²) >= 11 is 3.41. The molecule has 21 heavy (non-hydrogen) atoms. The third kappa shape index (κ3) is 4.27. The standard InChI is InChI=1S/C15H22BrN3O2/c1-15(2,3)21-14(20)19-8-6-18(7-9-19)13-5-4-11(16)10-12(13)17/h4-5,10H,6-9,17H2,1-3H3. The number of rotatable bonds is 1. The summed E-state index contributed by atoms with van der Waals surface area (Å²) in [6, 6.07) is 5.88. The summed E-state index contributed by atoms with van der Waals surface area (Å²) in [6.45, 7) is 8.43. The summed E-state index contributed by atoms with van der Waals surface area (Å²) in [4.78, 5) is 16.0. The number of nitrogen functional groups attached to an aromatic ring is 1. The molecule has 0 aliphatic carbocycles. The summed E-state index contributed by atoms with van der Waals surface area (Å²) < 4.78 is 6.36. The van der Waals surface area contributed by atoms with E-state index in [1.807, 2.05) is 39.0 Å². The Kier molecular flexibility index (Phi) is 4.66. The molecule has 1 saturated heterocycles. The first-order valence-electron chi connectivity index (χ1n) is 7.04. The van der Waals surface area contributed by atoms with Gasteiger partial charge in [0.25, 0.3) is 0 Å². The van der Waals surface area contributed by atoms with Gasteiger partial charge in [0.2, 0.25) is 0 Å². The van der Waals surface area contributed by atoms with E-state index in [1.165, 1.54) is 0 Å². The molecule has 0 aromatic heterocycles. The molecule has 2 rings (SSSR count). The zero-order valence-electron chi connectivity index (χ0n) is 12.7. The first-order chi connectivity index (χ1) is 9.76. The maximum Gasteiger partial charge on any atom is 0.410 e. The molecule has 116 valence electrons. The quantitative estimate of drug-likeness (QED) is 0.786. The minimum atomic E-state index is -0.454. The normalized spacial score (nSPS) is 16.0. The van der Waals surface area contributed by atoms with Crippen molar-refractivity contribution in [3.05, 3.63) is 22.7 Å². The van der Waals surface area contributed by atoms with E-state index in [9.17, 15) is 4.79 Å². The zero-order chi connectivity index (χ0) is 15.6. The van der Waals surface area contributed by atoms with Crippen molar-refractivity contribution in [2.45, 2.75) is 26.4 Å².